The third kappa shape index (κ3) is 3.72. The van der Waals surface area contributed by atoms with Crippen molar-refractivity contribution in [2.45, 2.75) is 38.5 Å². The largest absolute Gasteiger partial charge is 0.492 e. The highest BCUT2D eigenvalue weighted by molar-refractivity contribution is 5.92. The lowest BCUT2D eigenvalue weighted by Gasteiger charge is -2.14. The van der Waals surface area contributed by atoms with E-state index in [2.05, 4.69) is 4.98 Å². The molecule has 0 bridgehead atoms. The highest BCUT2D eigenvalue weighted by atomic mass is 16.5. The molecule has 1 saturated carbocycles. The molecule has 1 aliphatic carbocycles. The summed E-state index contributed by atoms with van der Waals surface area (Å²) in [6.07, 6.45) is 9.59. The van der Waals surface area contributed by atoms with Crippen LogP contribution in [-0.2, 0) is 0 Å². The van der Waals surface area contributed by atoms with Crippen molar-refractivity contribution < 1.29 is 4.74 Å². The summed E-state index contributed by atoms with van der Waals surface area (Å²) < 4.78 is 5.76. The van der Waals surface area contributed by atoms with Crippen molar-refractivity contribution in [3.8, 4) is 5.75 Å². The minimum Gasteiger partial charge on any atom is -0.492 e. The molecule has 0 saturated heterocycles. The van der Waals surface area contributed by atoms with E-state index < -0.39 is 0 Å². The number of hydrogen-bond acceptors (Lipinski definition) is 3. The smallest absolute Gasteiger partial charge is 0.141 e. The summed E-state index contributed by atoms with van der Waals surface area (Å²) in [6, 6.07) is 3.56. The maximum Gasteiger partial charge on any atom is 0.141 e. The zero-order valence-electron chi connectivity index (χ0n) is 10.7. The van der Waals surface area contributed by atoms with Gasteiger partial charge in [-0.3, -0.25) is 5.41 Å². The number of ether oxygens (including phenoxy) is 1. The van der Waals surface area contributed by atoms with Crippen LogP contribution in [-0.4, -0.2) is 17.4 Å². The van der Waals surface area contributed by atoms with E-state index in [1.165, 1.54) is 38.5 Å². The maximum absolute atomic E-state index is 7.27. The Bertz CT molecular complexity index is 381. The molecule has 0 atom stereocenters. The van der Waals surface area contributed by atoms with Crippen LogP contribution in [0.3, 0.4) is 0 Å². The van der Waals surface area contributed by atoms with Crippen LogP contribution in [0.1, 0.15) is 44.2 Å². The molecule has 0 aromatic carbocycles. The van der Waals surface area contributed by atoms with Gasteiger partial charge in [0.2, 0.25) is 0 Å². The third-order valence-electron chi connectivity index (χ3n) is 3.47. The number of rotatable bonds is 4. The van der Waals surface area contributed by atoms with E-state index in [0.717, 1.165) is 12.4 Å². The normalized spacial score (nSPS) is 17.1. The Morgan fingerprint density at radius 1 is 1.28 bits per heavy atom. The molecule has 1 aromatic heterocycles. The molecular formula is C14H21N3O. The van der Waals surface area contributed by atoms with Gasteiger partial charge in [0.15, 0.2) is 0 Å². The van der Waals surface area contributed by atoms with E-state index in [0.29, 0.717) is 11.6 Å². The molecule has 98 valence electrons. The molecule has 4 nitrogen and oxygen atoms in total. The van der Waals surface area contributed by atoms with Gasteiger partial charge >= 0.3 is 0 Å². The zero-order valence-corrected chi connectivity index (χ0v) is 10.7. The molecule has 1 aromatic rings. The lowest BCUT2D eigenvalue weighted by atomic mass is 10.0. The van der Waals surface area contributed by atoms with Gasteiger partial charge in [-0.2, -0.15) is 0 Å². The summed E-state index contributed by atoms with van der Waals surface area (Å²) in [5.74, 6) is 1.44. The summed E-state index contributed by atoms with van der Waals surface area (Å²) in [4.78, 5) is 4.09. The second kappa shape index (κ2) is 6.38. The standard InChI is InChI=1S/C14H21N3O/c15-14(16)13-8-7-12(9-17-13)18-10-11-5-3-1-2-4-6-11/h7-9,11H,1-6,10H2,(H3,15,16). The van der Waals surface area contributed by atoms with Gasteiger partial charge in [-0.05, 0) is 30.9 Å². The Morgan fingerprint density at radius 2 is 2.00 bits per heavy atom. The minimum atomic E-state index is -0.00896. The summed E-state index contributed by atoms with van der Waals surface area (Å²) in [7, 11) is 0. The second-order valence-corrected chi connectivity index (χ2v) is 4.96. The zero-order chi connectivity index (χ0) is 12.8. The third-order valence-corrected chi connectivity index (χ3v) is 3.47. The van der Waals surface area contributed by atoms with Gasteiger partial charge < -0.3 is 10.5 Å². The quantitative estimate of drug-likeness (QED) is 0.488. The van der Waals surface area contributed by atoms with Crippen molar-refractivity contribution in [1.29, 1.82) is 5.41 Å². The van der Waals surface area contributed by atoms with Gasteiger partial charge in [0, 0.05) is 0 Å². The van der Waals surface area contributed by atoms with Crippen LogP contribution in [0.4, 0.5) is 0 Å². The van der Waals surface area contributed by atoms with E-state index in [-0.39, 0.29) is 5.84 Å². The van der Waals surface area contributed by atoms with E-state index in [1.807, 2.05) is 6.07 Å². The Labute approximate surface area is 108 Å². The van der Waals surface area contributed by atoms with Crippen LogP contribution < -0.4 is 10.5 Å². The predicted octanol–water partition coefficient (Wildman–Crippen LogP) is 2.71. The first-order valence-corrected chi connectivity index (χ1v) is 6.69. The van der Waals surface area contributed by atoms with Crippen LogP contribution in [0.2, 0.25) is 0 Å². The number of nitrogens with two attached hydrogens (primary N) is 1. The molecule has 3 N–H and O–H groups in total. The van der Waals surface area contributed by atoms with Gasteiger partial charge in [0.05, 0.1) is 12.8 Å². The minimum absolute atomic E-state index is 0.00896. The summed E-state index contributed by atoms with van der Waals surface area (Å²) in [5, 5.41) is 7.27. The SMILES string of the molecule is N=C(N)c1ccc(OCC2CCCCCC2)cn1. The van der Waals surface area contributed by atoms with Crippen molar-refractivity contribution in [2.75, 3.05) is 6.61 Å². The highest BCUT2D eigenvalue weighted by Gasteiger charge is 2.12. The summed E-state index contributed by atoms with van der Waals surface area (Å²) in [5.41, 5.74) is 5.85. The van der Waals surface area contributed by atoms with Crippen LogP contribution in [0.15, 0.2) is 18.3 Å². The Balaban J connectivity index is 1.83. The molecular weight excluding hydrogens is 226 g/mol. The number of nitrogen functional groups attached to an aromatic ring is 1. The number of nitrogens with one attached hydrogen (secondary N) is 1. The fourth-order valence-electron chi connectivity index (χ4n) is 2.37. The molecule has 0 radical (unpaired) electrons. The molecule has 0 aliphatic heterocycles. The number of pyridine rings is 1. The first kappa shape index (κ1) is 12.9. The first-order valence-electron chi connectivity index (χ1n) is 6.69. The summed E-state index contributed by atoms with van der Waals surface area (Å²) >= 11 is 0. The molecule has 4 heteroatoms. The summed E-state index contributed by atoms with van der Waals surface area (Å²) in [6.45, 7) is 0.779. The number of nitrogens with zero attached hydrogens (tertiary/aromatic N) is 1. The molecule has 1 heterocycles. The number of aromatic nitrogens is 1. The van der Waals surface area contributed by atoms with E-state index in [1.54, 1.807) is 12.3 Å². The van der Waals surface area contributed by atoms with E-state index in [4.69, 9.17) is 15.9 Å². The van der Waals surface area contributed by atoms with Crippen molar-refractivity contribution in [2.24, 2.45) is 11.7 Å². The average Bonchev–Trinajstić information content (AvgIpc) is 2.65. The van der Waals surface area contributed by atoms with Crippen LogP contribution >= 0.6 is 0 Å². The Kier molecular flexibility index (Phi) is 4.56. The fraction of sp³-hybridized carbons (Fsp3) is 0.571. The van der Waals surface area contributed by atoms with Crippen LogP contribution in [0, 0.1) is 11.3 Å². The number of hydrogen-bond donors (Lipinski definition) is 2. The van der Waals surface area contributed by atoms with Crippen molar-refractivity contribution in [3.63, 3.8) is 0 Å². The van der Waals surface area contributed by atoms with Crippen LogP contribution in [0.5, 0.6) is 5.75 Å². The van der Waals surface area contributed by atoms with Crippen LogP contribution in [0.25, 0.3) is 0 Å². The molecule has 1 aliphatic rings. The van der Waals surface area contributed by atoms with E-state index in [9.17, 15) is 0 Å². The molecule has 18 heavy (non-hydrogen) atoms. The van der Waals surface area contributed by atoms with Gasteiger partial charge in [0.1, 0.15) is 17.3 Å². The average molecular weight is 247 g/mol. The molecule has 0 unspecified atom stereocenters. The first-order chi connectivity index (χ1) is 8.75. The molecule has 0 amide bonds. The maximum atomic E-state index is 7.27. The van der Waals surface area contributed by atoms with Gasteiger partial charge in [0.25, 0.3) is 0 Å². The van der Waals surface area contributed by atoms with E-state index >= 15 is 0 Å². The lowest BCUT2D eigenvalue weighted by molar-refractivity contribution is 0.233. The van der Waals surface area contributed by atoms with Crippen molar-refractivity contribution in [3.05, 3.63) is 24.0 Å². The highest BCUT2D eigenvalue weighted by Crippen LogP contribution is 2.23. The van der Waals surface area contributed by atoms with Gasteiger partial charge in [-0.25, -0.2) is 4.98 Å². The number of amidine groups is 1. The molecule has 1 fully saturated rings. The monoisotopic (exact) mass is 247 g/mol. The van der Waals surface area contributed by atoms with Crippen molar-refractivity contribution >= 4 is 5.84 Å². The topological polar surface area (TPSA) is 72.0 Å². The second-order valence-electron chi connectivity index (χ2n) is 4.96. The lowest BCUT2D eigenvalue weighted by Crippen LogP contribution is -2.14. The van der Waals surface area contributed by atoms with Gasteiger partial charge in [-0.1, -0.05) is 25.7 Å². The predicted molar refractivity (Wildman–Crippen MR) is 71.9 cm³/mol. The molecule has 0 spiro atoms. The Hall–Kier alpha value is -1.58. The fourth-order valence-corrected chi connectivity index (χ4v) is 2.37. The molecule has 2 rings (SSSR count). The van der Waals surface area contributed by atoms with Crippen molar-refractivity contribution in [1.82, 2.24) is 4.98 Å². The van der Waals surface area contributed by atoms with Gasteiger partial charge in [-0.15, -0.1) is 0 Å². The Morgan fingerprint density at radius 3 is 2.56 bits per heavy atom.